The van der Waals surface area contributed by atoms with Gasteiger partial charge in [-0.05, 0) is 13.8 Å². The molecular formula is C12H13N. The number of benzene rings is 1. The van der Waals surface area contributed by atoms with Crippen molar-refractivity contribution in [2.24, 2.45) is 0 Å². The molecule has 0 bridgehead atoms. The van der Waals surface area contributed by atoms with Crippen LogP contribution in [0.1, 0.15) is 19.9 Å². The minimum absolute atomic E-state index is 0.476. The highest BCUT2D eigenvalue weighted by Crippen LogP contribution is 2.09. The van der Waals surface area contributed by atoms with Crippen molar-refractivity contribution >= 4 is 10.8 Å². The van der Waals surface area contributed by atoms with Gasteiger partial charge in [0.05, 0.1) is 6.20 Å². The minimum atomic E-state index is 0.476. The quantitative estimate of drug-likeness (QED) is 0.458. The molecule has 0 aliphatic carbocycles. The van der Waals surface area contributed by atoms with Gasteiger partial charge in [0.2, 0.25) is 0 Å². The third-order valence-electron chi connectivity index (χ3n) is 2.18. The first-order valence-electron chi connectivity index (χ1n) is 4.59. The van der Waals surface area contributed by atoms with E-state index in [2.05, 4.69) is 55.1 Å². The van der Waals surface area contributed by atoms with Crippen LogP contribution in [0.25, 0.3) is 10.8 Å². The molecular weight excluding hydrogens is 158 g/mol. The molecule has 66 valence electrons. The van der Waals surface area contributed by atoms with Gasteiger partial charge in [0.25, 0.3) is 0 Å². The van der Waals surface area contributed by atoms with E-state index in [4.69, 9.17) is 0 Å². The van der Waals surface area contributed by atoms with Gasteiger partial charge in [0.15, 0.2) is 6.20 Å². The van der Waals surface area contributed by atoms with Crippen molar-refractivity contribution in [1.82, 2.24) is 0 Å². The van der Waals surface area contributed by atoms with Crippen molar-refractivity contribution in [3.63, 3.8) is 0 Å². The van der Waals surface area contributed by atoms with Crippen LogP contribution in [0.4, 0.5) is 0 Å². The summed E-state index contributed by atoms with van der Waals surface area (Å²) in [6.07, 6.45) is 5.42. The molecule has 0 amide bonds. The van der Waals surface area contributed by atoms with Crippen LogP contribution < -0.4 is 4.57 Å². The molecule has 0 N–H and O–H groups in total. The standard InChI is InChI=1S/C12H13N/c1-10(2)13-8-7-11-5-3-4-6-12(11)9-13/h3-8,10H,1-2H3. The Morgan fingerprint density at radius 2 is 1.92 bits per heavy atom. The Morgan fingerprint density at radius 1 is 1.15 bits per heavy atom. The molecule has 1 heteroatoms. The van der Waals surface area contributed by atoms with E-state index in [0.717, 1.165) is 0 Å². The van der Waals surface area contributed by atoms with Crippen LogP contribution in [-0.4, -0.2) is 0 Å². The summed E-state index contributed by atoms with van der Waals surface area (Å²) in [6, 6.07) is 10.9. The van der Waals surface area contributed by atoms with E-state index < -0.39 is 0 Å². The molecule has 0 spiro atoms. The average molecular weight is 171 g/mol. The summed E-state index contributed by atoms with van der Waals surface area (Å²) in [5.74, 6) is 0. The predicted octanol–water partition coefficient (Wildman–Crippen LogP) is 2.51. The third-order valence-corrected chi connectivity index (χ3v) is 2.18. The van der Waals surface area contributed by atoms with Crippen molar-refractivity contribution in [2.75, 3.05) is 0 Å². The van der Waals surface area contributed by atoms with E-state index >= 15 is 0 Å². The molecule has 1 aromatic heterocycles. The normalized spacial score (nSPS) is 11.0. The lowest BCUT2D eigenvalue weighted by atomic mass is 10.2. The monoisotopic (exact) mass is 171 g/mol. The summed E-state index contributed by atoms with van der Waals surface area (Å²) >= 11 is 0. The van der Waals surface area contributed by atoms with Crippen LogP contribution in [-0.2, 0) is 0 Å². The molecule has 0 fully saturated rings. The second-order valence-electron chi connectivity index (χ2n) is 3.52. The molecule has 2 rings (SSSR count). The molecule has 0 saturated heterocycles. The Balaban J connectivity index is 2.62. The van der Waals surface area contributed by atoms with E-state index in [1.807, 2.05) is 6.07 Å². The predicted molar refractivity (Wildman–Crippen MR) is 53.4 cm³/mol. The van der Waals surface area contributed by atoms with Gasteiger partial charge in [-0.25, -0.2) is 0 Å². The van der Waals surface area contributed by atoms with Gasteiger partial charge in [-0.1, -0.05) is 29.0 Å². The highest BCUT2D eigenvalue weighted by Gasteiger charge is 2.00. The minimum Gasteiger partial charge on any atom is -0.280 e. The van der Waals surface area contributed by atoms with E-state index in [0.29, 0.717) is 6.04 Å². The first-order valence-corrected chi connectivity index (χ1v) is 4.59. The molecule has 0 aliphatic rings. The maximum absolute atomic E-state index is 3.34. The smallest absolute Gasteiger partial charge is 0.153 e. The van der Waals surface area contributed by atoms with Crippen LogP contribution >= 0.6 is 0 Å². The van der Waals surface area contributed by atoms with Crippen molar-refractivity contribution in [3.8, 4) is 0 Å². The second kappa shape index (κ2) is 3.17. The molecule has 1 aromatic carbocycles. The lowest BCUT2D eigenvalue weighted by Gasteiger charge is -2.06. The van der Waals surface area contributed by atoms with Gasteiger partial charge in [0, 0.05) is 0 Å². The number of pyridine rings is 1. The first-order chi connectivity index (χ1) is 6.27. The van der Waals surface area contributed by atoms with E-state index in [-0.39, 0.29) is 0 Å². The summed E-state index contributed by atoms with van der Waals surface area (Å²) in [7, 11) is 0. The molecule has 0 aliphatic heterocycles. The van der Waals surface area contributed by atoms with Gasteiger partial charge in [0.1, 0.15) is 6.04 Å². The Kier molecular flexibility index (Phi) is 2.01. The van der Waals surface area contributed by atoms with E-state index in [1.54, 1.807) is 0 Å². The fourth-order valence-electron chi connectivity index (χ4n) is 1.38. The van der Waals surface area contributed by atoms with Gasteiger partial charge < -0.3 is 0 Å². The third kappa shape index (κ3) is 1.55. The molecule has 1 heterocycles. The van der Waals surface area contributed by atoms with Gasteiger partial charge in [-0.3, -0.25) is 4.57 Å². The lowest BCUT2D eigenvalue weighted by molar-refractivity contribution is -0.718. The fraction of sp³-hybridized carbons (Fsp3) is 0.250. The summed E-state index contributed by atoms with van der Waals surface area (Å²) < 4.78 is 2.10. The number of nitrogens with zero attached hydrogens (tertiary/aromatic N) is 1. The largest absolute Gasteiger partial charge is 0.280 e. The number of hydrogen-bond acceptors (Lipinski definition) is 0. The maximum atomic E-state index is 3.34. The average Bonchev–Trinajstić information content (AvgIpc) is 2.17. The summed E-state index contributed by atoms with van der Waals surface area (Å²) in [5.41, 5.74) is 0. The zero-order chi connectivity index (χ0) is 9.26. The fourth-order valence-corrected chi connectivity index (χ4v) is 1.38. The molecule has 0 unspecified atom stereocenters. The number of hydrogen-bond donors (Lipinski definition) is 0. The molecule has 0 atom stereocenters. The van der Waals surface area contributed by atoms with Gasteiger partial charge in [-0.15, -0.1) is 12.1 Å². The molecule has 0 saturated carbocycles. The van der Waals surface area contributed by atoms with Crippen molar-refractivity contribution in [2.45, 2.75) is 19.9 Å². The zero-order valence-electron chi connectivity index (χ0n) is 7.99. The highest BCUT2D eigenvalue weighted by molar-refractivity contribution is 5.79. The SMILES string of the molecule is CC(C)[n+]1[c-]c2ccccc2cc1. The molecule has 0 radical (unpaired) electrons. The Morgan fingerprint density at radius 3 is 2.69 bits per heavy atom. The van der Waals surface area contributed by atoms with Crippen LogP contribution in [0.15, 0.2) is 36.5 Å². The van der Waals surface area contributed by atoms with Gasteiger partial charge >= 0.3 is 0 Å². The maximum Gasteiger partial charge on any atom is 0.153 e. The molecule has 13 heavy (non-hydrogen) atoms. The first kappa shape index (κ1) is 8.24. The topological polar surface area (TPSA) is 3.88 Å². The molecule has 1 nitrogen and oxygen atoms in total. The second-order valence-corrected chi connectivity index (χ2v) is 3.52. The Bertz CT molecular complexity index is 418. The summed E-state index contributed by atoms with van der Waals surface area (Å²) in [6.45, 7) is 4.32. The zero-order valence-corrected chi connectivity index (χ0v) is 7.99. The van der Waals surface area contributed by atoms with Crippen LogP contribution in [0.3, 0.4) is 0 Å². The Hall–Kier alpha value is -1.37. The van der Waals surface area contributed by atoms with E-state index in [1.165, 1.54) is 10.8 Å². The summed E-state index contributed by atoms with van der Waals surface area (Å²) in [4.78, 5) is 0. The van der Waals surface area contributed by atoms with E-state index in [9.17, 15) is 0 Å². The van der Waals surface area contributed by atoms with Crippen molar-refractivity contribution in [1.29, 1.82) is 0 Å². The highest BCUT2D eigenvalue weighted by atomic mass is 15.0. The number of rotatable bonds is 1. The number of fused-ring (bicyclic) bond motifs is 1. The van der Waals surface area contributed by atoms with Crippen LogP contribution in [0, 0.1) is 6.20 Å². The van der Waals surface area contributed by atoms with Crippen molar-refractivity contribution in [3.05, 3.63) is 42.7 Å². The van der Waals surface area contributed by atoms with Gasteiger partial charge in [-0.2, -0.15) is 0 Å². The van der Waals surface area contributed by atoms with Crippen LogP contribution in [0.5, 0.6) is 0 Å². The number of aromatic nitrogens is 1. The molecule has 2 aromatic rings. The summed E-state index contributed by atoms with van der Waals surface area (Å²) in [5, 5.41) is 2.43. The van der Waals surface area contributed by atoms with Crippen molar-refractivity contribution < 1.29 is 4.57 Å². The lowest BCUT2D eigenvalue weighted by Crippen LogP contribution is -2.35. The van der Waals surface area contributed by atoms with Crippen LogP contribution in [0.2, 0.25) is 0 Å². The Labute approximate surface area is 78.6 Å².